The number of nitrogens with one attached hydrogen (secondary N) is 1. The first kappa shape index (κ1) is 30.8. The number of amides is 1. The van der Waals surface area contributed by atoms with E-state index in [-0.39, 0.29) is 65.3 Å². The van der Waals surface area contributed by atoms with E-state index in [1.165, 1.54) is 43.5 Å². The van der Waals surface area contributed by atoms with Crippen LogP contribution < -0.4 is 28.8 Å². The highest BCUT2D eigenvalue weighted by Gasteiger charge is 2.24. The Kier molecular flexibility index (Phi) is 10.5. The van der Waals surface area contributed by atoms with E-state index in [2.05, 4.69) is 14.7 Å². The maximum absolute atomic E-state index is 14.3. The number of anilines is 2. The van der Waals surface area contributed by atoms with Crippen molar-refractivity contribution in [1.29, 1.82) is 0 Å². The van der Waals surface area contributed by atoms with E-state index >= 15 is 0 Å². The number of hydrogen-bond donors (Lipinski definition) is 2. The van der Waals surface area contributed by atoms with E-state index in [4.69, 9.17) is 28.8 Å². The molecule has 0 radical (unpaired) electrons. The van der Waals surface area contributed by atoms with Crippen LogP contribution in [0.3, 0.4) is 0 Å². The van der Waals surface area contributed by atoms with E-state index in [0.717, 1.165) is 6.33 Å². The fraction of sp³-hybridized carbons (Fsp3) is 0.179. The van der Waals surface area contributed by atoms with Crippen molar-refractivity contribution in [2.75, 3.05) is 43.4 Å². The van der Waals surface area contributed by atoms with Gasteiger partial charge in [-0.05, 0) is 48.5 Å². The van der Waals surface area contributed by atoms with E-state index < -0.39 is 16.1 Å². The molecule has 0 spiro atoms. The Bertz CT molecular complexity index is 1610. The van der Waals surface area contributed by atoms with E-state index in [9.17, 15) is 17.7 Å². The molecule has 0 atom stereocenters. The van der Waals surface area contributed by atoms with E-state index in [1.807, 2.05) is 0 Å². The zero-order chi connectivity index (χ0) is 30.7. The van der Waals surface area contributed by atoms with Crippen LogP contribution >= 0.6 is 0 Å². The first-order chi connectivity index (χ1) is 20.8. The summed E-state index contributed by atoms with van der Waals surface area (Å²) in [5.74, 6) is 0.183. The van der Waals surface area contributed by atoms with Crippen LogP contribution in [0.15, 0.2) is 90.1 Å². The van der Waals surface area contributed by atoms with Gasteiger partial charge in [-0.1, -0.05) is 34.8 Å². The molecule has 0 aliphatic carbocycles. The van der Waals surface area contributed by atoms with Crippen LogP contribution in [-0.2, 0) is 14.8 Å². The average Bonchev–Trinajstić information content (AvgIpc) is 3.03. The first-order valence-corrected chi connectivity index (χ1v) is 14.1. The largest absolute Gasteiger partial charge is 0.493 e. The molecule has 0 saturated heterocycles. The van der Waals surface area contributed by atoms with Gasteiger partial charge in [-0.15, -0.1) is 5.12 Å². The van der Waals surface area contributed by atoms with Crippen molar-refractivity contribution in [3.05, 3.63) is 85.2 Å². The number of aliphatic hydroxyl groups is 1. The van der Waals surface area contributed by atoms with Gasteiger partial charge in [0.15, 0.2) is 17.3 Å². The standard InChI is InChI=1S/C28H27FN4O9S/c1-38-23-9-5-6-10-24(23)42-25-26(32-43(36,37)22-13-11-21(12-14-22)39-16-15-34)30-19-31-27(25)40-17-18-41-28(35)33(29)20-7-3-2-4-8-20/h2-14,19,34H,15-18H2,1H3,(H,30,31,32). The van der Waals surface area contributed by atoms with Crippen LogP contribution in [0.1, 0.15) is 0 Å². The highest BCUT2D eigenvalue weighted by Crippen LogP contribution is 2.40. The molecule has 0 aliphatic rings. The predicted octanol–water partition coefficient (Wildman–Crippen LogP) is 4.36. The minimum absolute atomic E-state index is 0.0130. The molecule has 0 fully saturated rings. The molecule has 0 saturated carbocycles. The van der Waals surface area contributed by atoms with Crippen molar-refractivity contribution >= 4 is 27.6 Å². The van der Waals surface area contributed by atoms with Crippen molar-refractivity contribution in [3.8, 4) is 28.9 Å². The number of aliphatic hydroxyl groups excluding tert-OH is 1. The maximum Gasteiger partial charge on any atom is 0.443 e. The lowest BCUT2D eigenvalue weighted by Crippen LogP contribution is -2.25. The molecule has 2 N–H and O–H groups in total. The SMILES string of the molecule is COc1ccccc1Oc1c(NS(=O)(=O)c2ccc(OCCO)cc2)ncnc1OCCOC(=O)N(F)c1ccccc1. The minimum atomic E-state index is -4.20. The summed E-state index contributed by atoms with van der Waals surface area (Å²) in [7, 11) is -2.77. The quantitative estimate of drug-likeness (QED) is 0.154. The third kappa shape index (κ3) is 8.21. The summed E-state index contributed by atoms with van der Waals surface area (Å²) < 4.78 is 70.2. The molecule has 15 heteroatoms. The number of nitrogens with zero attached hydrogens (tertiary/aromatic N) is 3. The van der Waals surface area contributed by atoms with Gasteiger partial charge in [-0.2, -0.15) is 4.98 Å². The first-order valence-electron chi connectivity index (χ1n) is 12.7. The van der Waals surface area contributed by atoms with Crippen molar-refractivity contribution < 1.29 is 46.5 Å². The monoisotopic (exact) mass is 614 g/mol. The van der Waals surface area contributed by atoms with Crippen LogP contribution in [0.4, 0.5) is 20.8 Å². The van der Waals surface area contributed by atoms with Gasteiger partial charge >= 0.3 is 6.09 Å². The topological polar surface area (TPSA) is 159 Å². The molecule has 43 heavy (non-hydrogen) atoms. The van der Waals surface area contributed by atoms with Crippen molar-refractivity contribution in [3.63, 3.8) is 0 Å². The van der Waals surface area contributed by atoms with Crippen LogP contribution in [0.5, 0.6) is 28.9 Å². The van der Waals surface area contributed by atoms with Crippen molar-refractivity contribution in [2.45, 2.75) is 4.90 Å². The normalized spacial score (nSPS) is 10.9. The molecule has 0 unspecified atom stereocenters. The maximum atomic E-state index is 14.3. The van der Waals surface area contributed by atoms with Crippen LogP contribution in [0, 0.1) is 0 Å². The van der Waals surface area contributed by atoms with Gasteiger partial charge in [0.05, 0.1) is 24.3 Å². The number of para-hydroxylation sites is 3. The molecular formula is C28H27FN4O9S. The number of aromatic nitrogens is 2. The Morgan fingerprint density at radius 3 is 2.30 bits per heavy atom. The number of halogens is 1. The number of methoxy groups -OCH3 is 1. The van der Waals surface area contributed by atoms with Crippen LogP contribution in [0.2, 0.25) is 0 Å². The molecule has 1 amide bonds. The second-order valence-electron chi connectivity index (χ2n) is 8.34. The fourth-order valence-corrected chi connectivity index (χ4v) is 4.50. The molecule has 0 aliphatic heterocycles. The zero-order valence-electron chi connectivity index (χ0n) is 22.8. The highest BCUT2D eigenvalue weighted by molar-refractivity contribution is 7.92. The second-order valence-corrected chi connectivity index (χ2v) is 10.0. The molecule has 4 rings (SSSR count). The van der Waals surface area contributed by atoms with Crippen molar-refractivity contribution in [1.82, 2.24) is 9.97 Å². The third-order valence-electron chi connectivity index (χ3n) is 5.47. The van der Waals surface area contributed by atoms with Crippen molar-refractivity contribution in [2.24, 2.45) is 0 Å². The number of sulfonamides is 1. The van der Waals surface area contributed by atoms with Gasteiger partial charge < -0.3 is 28.8 Å². The van der Waals surface area contributed by atoms with Gasteiger partial charge in [0, 0.05) is 0 Å². The number of carbonyl (C=O) groups excluding carboxylic acids is 1. The summed E-state index contributed by atoms with van der Waals surface area (Å²) in [6.45, 7) is -0.819. The van der Waals surface area contributed by atoms with Gasteiger partial charge in [0.2, 0.25) is 5.75 Å². The summed E-state index contributed by atoms with van der Waals surface area (Å²) in [5.41, 5.74) is -0.0130. The lowest BCUT2D eigenvalue weighted by atomic mass is 10.3. The molecule has 0 bridgehead atoms. The third-order valence-corrected chi connectivity index (χ3v) is 6.82. The van der Waals surface area contributed by atoms with E-state index in [1.54, 1.807) is 42.5 Å². The lowest BCUT2D eigenvalue weighted by molar-refractivity contribution is 0.118. The number of ether oxygens (including phenoxy) is 5. The molecule has 226 valence electrons. The minimum Gasteiger partial charge on any atom is -0.493 e. The second kappa shape index (κ2) is 14.7. The Morgan fingerprint density at radius 1 is 0.907 bits per heavy atom. The number of hydrogen-bond acceptors (Lipinski definition) is 11. The number of benzene rings is 3. The van der Waals surface area contributed by atoms with Crippen LogP contribution in [-0.4, -0.2) is 63.1 Å². The van der Waals surface area contributed by atoms with Gasteiger partial charge in [0.25, 0.3) is 15.9 Å². The molecule has 13 nitrogen and oxygen atoms in total. The Hall–Kier alpha value is -5.15. The molecule has 1 heterocycles. The lowest BCUT2D eigenvalue weighted by Gasteiger charge is -2.17. The summed E-state index contributed by atoms with van der Waals surface area (Å²) in [6.07, 6.45) is -0.220. The zero-order valence-corrected chi connectivity index (χ0v) is 23.6. The highest BCUT2D eigenvalue weighted by atomic mass is 32.2. The molecule has 4 aromatic rings. The molecule has 1 aromatic heterocycles. The predicted molar refractivity (Wildman–Crippen MR) is 152 cm³/mol. The summed E-state index contributed by atoms with van der Waals surface area (Å²) in [5, 5.41) is 8.75. The summed E-state index contributed by atoms with van der Waals surface area (Å²) in [4.78, 5) is 20.0. The van der Waals surface area contributed by atoms with Gasteiger partial charge in [0.1, 0.15) is 31.9 Å². The fourth-order valence-electron chi connectivity index (χ4n) is 3.49. The number of carbonyl (C=O) groups is 1. The van der Waals surface area contributed by atoms with Gasteiger partial charge in [-0.3, -0.25) is 4.72 Å². The van der Waals surface area contributed by atoms with Crippen LogP contribution in [0.25, 0.3) is 0 Å². The molecular weight excluding hydrogens is 587 g/mol. The molecule has 3 aromatic carbocycles. The Morgan fingerprint density at radius 2 is 1.60 bits per heavy atom. The average molecular weight is 615 g/mol. The Labute approximate surface area is 246 Å². The smallest absolute Gasteiger partial charge is 0.443 e. The Balaban J connectivity index is 1.53. The summed E-state index contributed by atoms with van der Waals surface area (Å²) >= 11 is 0. The number of rotatable bonds is 14. The summed E-state index contributed by atoms with van der Waals surface area (Å²) in [6, 6.07) is 19.6. The van der Waals surface area contributed by atoms with Gasteiger partial charge in [-0.25, -0.2) is 18.2 Å². The van der Waals surface area contributed by atoms with E-state index in [0.29, 0.717) is 11.5 Å².